The molecule has 4 nitrogen and oxygen atoms in total. The zero-order valence-corrected chi connectivity index (χ0v) is 43.3. The van der Waals surface area contributed by atoms with Crippen LogP contribution in [0, 0.1) is 13.8 Å². The van der Waals surface area contributed by atoms with Crippen LogP contribution in [0.5, 0.6) is 0 Å². The van der Waals surface area contributed by atoms with Gasteiger partial charge in [-0.3, -0.25) is 0 Å². The molecule has 360 valence electrons. The largest absolute Gasteiger partial charge is 0.309 e. The van der Waals surface area contributed by atoms with Gasteiger partial charge in [-0.2, -0.15) is 0 Å². The zero-order valence-electron chi connectivity index (χ0n) is 42.3. The molecule has 5 heteroatoms. The van der Waals surface area contributed by atoms with Crippen molar-refractivity contribution in [2.24, 2.45) is 0 Å². The molecule has 13 rings (SSSR count). The van der Waals surface area contributed by atoms with Crippen LogP contribution in [0.15, 0.2) is 279 Å². The van der Waals surface area contributed by atoms with Crippen molar-refractivity contribution in [1.82, 2.24) is 19.5 Å². The van der Waals surface area contributed by atoms with E-state index in [1.807, 2.05) is 36.4 Å². The first-order valence-electron chi connectivity index (χ1n) is 26.0. The molecule has 2 heterocycles. The molecule has 0 spiro atoms. The van der Waals surface area contributed by atoms with Crippen molar-refractivity contribution in [3.8, 4) is 73.2 Å². The summed E-state index contributed by atoms with van der Waals surface area (Å²) in [6.07, 6.45) is 0. The number of aromatic nitrogens is 4. The predicted octanol–water partition coefficient (Wildman–Crippen LogP) is 15.0. The molecule has 0 aliphatic carbocycles. The van der Waals surface area contributed by atoms with Crippen molar-refractivity contribution in [1.29, 1.82) is 0 Å². The fourth-order valence-corrected chi connectivity index (χ4v) is 16.1. The number of hydrogen-bond acceptors (Lipinski definition) is 3. The second-order valence-electron chi connectivity index (χ2n) is 19.7. The second-order valence-corrected chi connectivity index (χ2v) is 23.5. The molecule has 0 aliphatic rings. The van der Waals surface area contributed by atoms with E-state index in [1.165, 1.54) is 64.9 Å². The summed E-state index contributed by atoms with van der Waals surface area (Å²) in [7, 11) is -2.94. The topological polar surface area (TPSA) is 43.6 Å². The highest BCUT2D eigenvalue weighted by atomic mass is 28.3. The standard InChI is InChI=1S/C71H52N4Si/c1-49-21-18-27-53(43-49)55-37-40-63-64-41-38-56(54-28-19-22-50(2)44-54)47-68(64)75(67(63)46-55)58-39-42-65(71-73-69(51-23-8-3-9-24-51)72-70(74-71)52-25-10-4-11-26-52)66(48-58)57-29-20-36-62(45-57)76(59-30-12-5-13-31-59,60-32-14-6-15-33-60)61-34-16-7-17-35-61/h3-48H,1-2H3. The third-order valence-electron chi connectivity index (χ3n) is 14.9. The summed E-state index contributed by atoms with van der Waals surface area (Å²) in [5.41, 5.74) is 15.3. The number of aryl methyl sites for hydroxylation is 2. The zero-order chi connectivity index (χ0) is 51.0. The Kier molecular flexibility index (Phi) is 12.0. The Bertz CT molecular complexity index is 3970. The van der Waals surface area contributed by atoms with Gasteiger partial charge in [-0.25, -0.2) is 15.0 Å². The van der Waals surface area contributed by atoms with Crippen LogP contribution in [-0.2, 0) is 0 Å². The molecule has 0 N–H and O–H groups in total. The minimum atomic E-state index is -2.94. The van der Waals surface area contributed by atoms with Crippen LogP contribution in [0.1, 0.15) is 11.1 Å². The lowest BCUT2D eigenvalue weighted by molar-refractivity contribution is 1.07. The van der Waals surface area contributed by atoms with E-state index in [-0.39, 0.29) is 0 Å². The summed E-state index contributed by atoms with van der Waals surface area (Å²) in [4.78, 5) is 15.9. The van der Waals surface area contributed by atoms with Gasteiger partial charge in [-0.15, -0.1) is 0 Å². The fourth-order valence-electron chi connectivity index (χ4n) is 11.3. The number of fused-ring (bicyclic) bond motifs is 3. The van der Waals surface area contributed by atoms with Gasteiger partial charge in [0.1, 0.15) is 0 Å². The van der Waals surface area contributed by atoms with E-state index in [4.69, 9.17) is 15.0 Å². The molecule has 0 atom stereocenters. The molecule has 2 aromatic heterocycles. The maximum atomic E-state index is 5.38. The number of hydrogen-bond donors (Lipinski definition) is 0. The third-order valence-corrected chi connectivity index (χ3v) is 19.7. The van der Waals surface area contributed by atoms with Crippen LogP contribution in [0.3, 0.4) is 0 Å². The smallest absolute Gasteiger partial charge is 0.179 e. The van der Waals surface area contributed by atoms with Gasteiger partial charge in [-0.1, -0.05) is 260 Å². The van der Waals surface area contributed by atoms with E-state index < -0.39 is 8.07 Å². The average Bonchev–Trinajstić information content (AvgIpc) is 3.87. The number of rotatable bonds is 11. The summed E-state index contributed by atoms with van der Waals surface area (Å²) >= 11 is 0. The van der Waals surface area contributed by atoms with Gasteiger partial charge in [0.25, 0.3) is 0 Å². The molecule has 0 bridgehead atoms. The Morgan fingerprint density at radius 1 is 0.276 bits per heavy atom. The minimum Gasteiger partial charge on any atom is -0.309 e. The van der Waals surface area contributed by atoms with Crippen molar-refractivity contribution < 1.29 is 0 Å². The quantitative estimate of drug-likeness (QED) is 0.0958. The van der Waals surface area contributed by atoms with Gasteiger partial charge in [0.15, 0.2) is 25.5 Å². The van der Waals surface area contributed by atoms with E-state index in [2.05, 4.69) is 261 Å². The average molecular weight is 989 g/mol. The van der Waals surface area contributed by atoms with Crippen LogP contribution < -0.4 is 20.7 Å². The lowest BCUT2D eigenvalue weighted by Gasteiger charge is -2.34. The molecule has 0 aliphatic heterocycles. The number of nitrogens with zero attached hydrogens (tertiary/aromatic N) is 4. The Hall–Kier alpha value is -9.55. The fraction of sp³-hybridized carbons (Fsp3) is 0.0282. The second kappa shape index (κ2) is 19.7. The summed E-state index contributed by atoms with van der Waals surface area (Å²) in [5.74, 6) is 1.83. The first-order valence-corrected chi connectivity index (χ1v) is 28.0. The first kappa shape index (κ1) is 46.2. The minimum absolute atomic E-state index is 0.600. The highest BCUT2D eigenvalue weighted by Gasteiger charge is 2.41. The molecule has 0 unspecified atom stereocenters. The molecule has 0 radical (unpaired) electrons. The molecule has 76 heavy (non-hydrogen) atoms. The van der Waals surface area contributed by atoms with Crippen molar-refractivity contribution in [2.45, 2.75) is 13.8 Å². The number of benzene rings is 11. The van der Waals surface area contributed by atoms with Gasteiger partial charge in [0.2, 0.25) is 0 Å². The van der Waals surface area contributed by atoms with Crippen molar-refractivity contribution >= 4 is 50.6 Å². The Balaban J connectivity index is 1.11. The van der Waals surface area contributed by atoms with E-state index in [0.29, 0.717) is 17.5 Å². The molecular weight excluding hydrogens is 937 g/mol. The molecule has 0 saturated heterocycles. The van der Waals surface area contributed by atoms with E-state index in [1.54, 1.807) is 0 Å². The summed E-state index contributed by atoms with van der Waals surface area (Å²) in [6, 6.07) is 102. The molecular formula is C71H52N4Si. The maximum absolute atomic E-state index is 5.38. The molecule has 0 amide bonds. The Labute approximate surface area is 445 Å². The Morgan fingerprint density at radius 3 is 1.14 bits per heavy atom. The van der Waals surface area contributed by atoms with Crippen LogP contribution in [-0.4, -0.2) is 27.6 Å². The van der Waals surface area contributed by atoms with Gasteiger partial charge in [-0.05, 0) is 98.3 Å². The van der Waals surface area contributed by atoms with E-state index in [0.717, 1.165) is 44.5 Å². The summed E-state index contributed by atoms with van der Waals surface area (Å²) < 4.78 is 2.47. The van der Waals surface area contributed by atoms with Crippen LogP contribution in [0.2, 0.25) is 0 Å². The lowest BCUT2D eigenvalue weighted by Crippen LogP contribution is -2.74. The van der Waals surface area contributed by atoms with E-state index in [9.17, 15) is 0 Å². The monoisotopic (exact) mass is 988 g/mol. The van der Waals surface area contributed by atoms with Gasteiger partial charge < -0.3 is 4.57 Å². The van der Waals surface area contributed by atoms with Crippen molar-refractivity contribution in [3.63, 3.8) is 0 Å². The van der Waals surface area contributed by atoms with Crippen molar-refractivity contribution in [2.75, 3.05) is 0 Å². The van der Waals surface area contributed by atoms with Gasteiger partial charge in [0, 0.05) is 33.2 Å². The molecule has 0 saturated carbocycles. The lowest BCUT2D eigenvalue weighted by atomic mass is 9.97. The normalized spacial score (nSPS) is 11.6. The predicted molar refractivity (Wildman–Crippen MR) is 320 cm³/mol. The summed E-state index contributed by atoms with van der Waals surface area (Å²) in [5, 5.41) is 7.60. The first-order chi connectivity index (χ1) is 37.5. The van der Waals surface area contributed by atoms with Gasteiger partial charge >= 0.3 is 0 Å². The van der Waals surface area contributed by atoms with E-state index >= 15 is 0 Å². The third kappa shape index (κ3) is 8.43. The maximum Gasteiger partial charge on any atom is 0.179 e. The van der Waals surface area contributed by atoms with Gasteiger partial charge in [0.05, 0.1) is 11.0 Å². The van der Waals surface area contributed by atoms with Crippen LogP contribution in [0.25, 0.3) is 95.0 Å². The van der Waals surface area contributed by atoms with Crippen molar-refractivity contribution in [3.05, 3.63) is 290 Å². The highest BCUT2D eigenvalue weighted by Crippen LogP contribution is 2.40. The summed E-state index contributed by atoms with van der Waals surface area (Å²) in [6.45, 7) is 4.32. The molecule has 13 aromatic rings. The van der Waals surface area contributed by atoms with Crippen LogP contribution in [0.4, 0.5) is 0 Å². The molecule has 0 fully saturated rings. The molecule has 11 aromatic carbocycles. The SMILES string of the molecule is Cc1cccc(-c2ccc3c4ccc(-c5cccc(C)c5)cc4n(-c4ccc(-c5nc(-c6ccccc6)nc(-c6ccccc6)n5)c(-c5cccc([Si](c6ccccc6)(c6ccccc6)c6ccccc6)c5)c4)c3c2)c1. The van der Waals surface area contributed by atoms with Crippen LogP contribution >= 0.6 is 0 Å². The Morgan fingerprint density at radius 2 is 0.671 bits per heavy atom. The highest BCUT2D eigenvalue weighted by molar-refractivity contribution is 7.19.